The van der Waals surface area contributed by atoms with Gasteiger partial charge >= 0.3 is 17.9 Å². The average Bonchev–Trinajstić information content (AvgIpc) is 3.21. The van der Waals surface area contributed by atoms with Crippen molar-refractivity contribution >= 4 is 23.7 Å². The van der Waals surface area contributed by atoms with Gasteiger partial charge in [0.1, 0.15) is 6.10 Å². The molecule has 0 saturated heterocycles. The minimum Gasteiger partial charge on any atom is -0.481 e. The highest BCUT2D eigenvalue weighted by atomic mass is 16.5. The minimum absolute atomic E-state index is 0.0135. The predicted octanol–water partition coefficient (Wildman–Crippen LogP) is 8.02. The summed E-state index contributed by atoms with van der Waals surface area (Å²) in [6.07, 6.45) is 10.8. The van der Waals surface area contributed by atoms with Crippen LogP contribution in [0.2, 0.25) is 0 Å². The van der Waals surface area contributed by atoms with Crippen LogP contribution in [-0.2, 0) is 23.9 Å². The monoisotopic (exact) mass is 624 g/mol. The second-order valence-corrected chi connectivity index (χ2v) is 17.7. The lowest BCUT2D eigenvalue weighted by Gasteiger charge is -2.72. The molecule has 4 fully saturated rings. The van der Waals surface area contributed by atoms with Gasteiger partial charge in [-0.3, -0.25) is 14.4 Å². The van der Waals surface area contributed by atoms with Crippen LogP contribution in [0.25, 0.3) is 0 Å². The fourth-order valence-corrected chi connectivity index (χ4v) is 11.9. The van der Waals surface area contributed by atoms with E-state index in [2.05, 4.69) is 48.5 Å². The maximum absolute atomic E-state index is 13.6. The smallest absolute Gasteiger partial charge is 0.328 e. The molecule has 0 amide bonds. The van der Waals surface area contributed by atoms with Gasteiger partial charge in [0.15, 0.2) is 5.78 Å². The molecule has 8 atom stereocenters. The third kappa shape index (κ3) is 4.96. The van der Waals surface area contributed by atoms with E-state index in [1.807, 2.05) is 6.08 Å². The largest absolute Gasteiger partial charge is 0.481 e. The van der Waals surface area contributed by atoms with Gasteiger partial charge in [-0.15, -0.1) is 0 Å². The topological polar surface area (TPSA) is 118 Å². The Balaban J connectivity index is 1.46. The molecule has 7 heteroatoms. The summed E-state index contributed by atoms with van der Waals surface area (Å²) in [5, 5.41) is 19.1. The molecule has 0 aromatic carbocycles. The van der Waals surface area contributed by atoms with Crippen molar-refractivity contribution in [2.45, 2.75) is 133 Å². The van der Waals surface area contributed by atoms with E-state index in [1.54, 1.807) is 13.8 Å². The summed E-state index contributed by atoms with van der Waals surface area (Å²) in [7, 11) is 0. The number of aliphatic carboxylic acids is 2. The first kappa shape index (κ1) is 33.9. The maximum atomic E-state index is 13.6. The zero-order valence-corrected chi connectivity index (χ0v) is 29.0. The Morgan fingerprint density at radius 3 is 2.18 bits per heavy atom. The Morgan fingerprint density at radius 2 is 1.58 bits per heavy atom. The molecule has 0 aromatic rings. The maximum Gasteiger partial charge on any atom is 0.328 e. The summed E-state index contributed by atoms with van der Waals surface area (Å²) in [6.45, 7) is 19.3. The standard InChI is InChI=1S/C38H56O7/c1-22(2)30-24(39)20-38(17-14-28(40)41)19-18-36(8)23(31(30)38)10-11-26-35(7)15-13-27(45-29(42)21-33(3,4)32(43)44)34(5,6)25(35)12-16-37(26,36)9/h14,17,22-23,25-27H,10-13,15-16,18-21H2,1-9H3,(H,40,41)(H,43,44)/b17-14+/t23-,25+,26?,27+,35+,36-,37-,38+/m1/s1. The van der Waals surface area contributed by atoms with Crippen LogP contribution in [0.3, 0.4) is 0 Å². The number of fused-ring (bicyclic) bond motifs is 7. The molecule has 7 nitrogen and oxygen atoms in total. The molecule has 250 valence electrons. The number of carboxylic acid groups (broad SMARTS) is 2. The van der Waals surface area contributed by atoms with Crippen LogP contribution < -0.4 is 0 Å². The normalized spacial score (nSPS) is 40.9. The molecular weight excluding hydrogens is 568 g/mol. The average molecular weight is 625 g/mol. The summed E-state index contributed by atoms with van der Waals surface area (Å²) in [5.74, 6) is -0.993. The van der Waals surface area contributed by atoms with E-state index in [4.69, 9.17) is 4.74 Å². The van der Waals surface area contributed by atoms with Crippen LogP contribution in [0.1, 0.15) is 127 Å². The molecule has 0 aliphatic heterocycles. The predicted molar refractivity (Wildman–Crippen MR) is 172 cm³/mol. The van der Waals surface area contributed by atoms with Crippen molar-refractivity contribution in [2.75, 3.05) is 0 Å². The summed E-state index contributed by atoms with van der Waals surface area (Å²) >= 11 is 0. The van der Waals surface area contributed by atoms with E-state index >= 15 is 0 Å². The van der Waals surface area contributed by atoms with Crippen molar-refractivity contribution in [3.63, 3.8) is 0 Å². The first-order chi connectivity index (χ1) is 20.7. The fourth-order valence-electron chi connectivity index (χ4n) is 11.9. The van der Waals surface area contributed by atoms with Gasteiger partial charge in [0.05, 0.1) is 11.8 Å². The van der Waals surface area contributed by atoms with Crippen molar-refractivity contribution in [1.29, 1.82) is 0 Å². The van der Waals surface area contributed by atoms with Crippen LogP contribution in [0.15, 0.2) is 23.3 Å². The van der Waals surface area contributed by atoms with Crippen LogP contribution >= 0.6 is 0 Å². The van der Waals surface area contributed by atoms with Gasteiger partial charge in [-0.2, -0.15) is 0 Å². The first-order valence-electron chi connectivity index (χ1n) is 17.3. The Bertz CT molecular complexity index is 1350. The number of hydrogen-bond acceptors (Lipinski definition) is 5. The van der Waals surface area contributed by atoms with Gasteiger partial charge in [0.2, 0.25) is 0 Å². The van der Waals surface area contributed by atoms with Gasteiger partial charge < -0.3 is 14.9 Å². The number of Topliss-reactive ketones (excluding diaryl/α,β-unsaturated/α-hetero) is 1. The van der Waals surface area contributed by atoms with Crippen molar-refractivity contribution in [3.05, 3.63) is 23.3 Å². The quantitative estimate of drug-likeness (QED) is 0.217. The summed E-state index contributed by atoms with van der Waals surface area (Å²) in [5.41, 5.74) is 0.411. The lowest BCUT2D eigenvalue weighted by atomic mass is 9.33. The lowest BCUT2D eigenvalue weighted by molar-refractivity contribution is -0.232. The van der Waals surface area contributed by atoms with Gasteiger partial charge in [0.25, 0.3) is 0 Å². The number of allylic oxidation sites excluding steroid dienone is 3. The van der Waals surface area contributed by atoms with Crippen molar-refractivity contribution in [3.8, 4) is 0 Å². The highest BCUT2D eigenvalue weighted by Gasteiger charge is 2.70. The van der Waals surface area contributed by atoms with Crippen LogP contribution in [0.4, 0.5) is 0 Å². The number of rotatable bonds is 7. The second kappa shape index (κ2) is 10.8. The van der Waals surface area contributed by atoms with Crippen molar-refractivity contribution in [1.82, 2.24) is 0 Å². The van der Waals surface area contributed by atoms with Crippen LogP contribution in [0, 0.1) is 56.2 Å². The Hall–Kier alpha value is -2.44. The Labute approximate surface area is 269 Å². The molecule has 1 unspecified atom stereocenters. The molecule has 4 saturated carbocycles. The van der Waals surface area contributed by atoms with E-state index < -0.39 is 28.7 Å². The second-order valence-electron chi connectivity index (χ2n) is 17.7. The first-order valence-corrected chi connectivity index (χ1v) is 17.3. The highest BCUT2D eigenvalue weighted by molar-refractivity contribution is 6.01. The van der Waals surface area contributed by atoms with Gasteiger partial charge in [-0.25, -0.2) is 4.79 Å². The number of ether oxygens (including phenoxy) is 1. The number of ketones is 1. The highest BCUT2D eigenvalue weighted by Crippen LogP contribution is 2.76. The molecule has 0 aromatic heterocycles. The molecule has 0 heterocycles. The molecule has 45 heavy (non-hydrogen) atoms. The molecule has 2 N–H and O–H groups in total. The lowest BCUT2D eigenvalue weighted by Crippen LogP contribution is -2.65. The van der Waals surface area contributed by atoms with Crippen molar-refractivity contribution in [2.24, 2.45) is 56.2 Å². The molecule has 0 spiro atoms. The summed E-state index contributed by atoms with van der Waals surface area (Å²) < 4.78 is 6.11. The molecule has 5 aliphatic carbocycles. The van der Waals surface area contributed by atoms with Gasteiger partial charge in [0, 0.05) is 23.3 Å². The Morgan fingerprint density at radius 1 is 0.911 bits per heavy atom. The molecule has 5 rings (SSSR count). The van der Waals surface area contributed by atoms with E-state index in [9.17, 15) is 29.4 Å². The molecule has 5 aliphatic rings. The van der Waals surface area contributed by atoms with Crippen molar-refractivity contribution < 1.29 is 34.1 Å². The Kier molecular flexibility index (Phi) is 8.14. The summed E-state index contributed by atoms with van der Waals surface area (Å²) in [4.78, 5) is 49.9. The zero-order chi connectivity index (χ0) is 33.5. The van der Waals surface area contributed by atoms with E-state index in [-0.39, 0.29) is 51.8 Å². The SMILES string of the molecule is CC(C)C1=C2[C@H]3CCC4[C@@]5(C)CC[C@H](OC(=O)CC(C)(C)C(=O)O)C(C)(C)[C@@H]5CC[C@@]4(C)[C@]3(C)CC[C@@]2(/C=C/C(=O)O)CC1=O. The molecule has 0 bridgehead atoms. The molecule has 0 radical (unpaired) electrons. The zero-order valence-electron chi connectivity index (χ0n) is 29.0. The number of carbonyl (C=O) groups excluding carboxylic acids is 2. The number of carbonyl (C=O) groups is 4. The van der Waals surface area contributed by atoms with Gasteiger partial charge in [-0.1, -0.05) is 54.5 Å². The number of hydrogen-bond donors (Lipinski definition) is 2. The number of carboxylic acids is 2. The van der Waals surface area contributed by atoms with E-state index in [1.165, 1.54) is 11.6 Å². The molecular formula is C38H56O7. The van der Waals surface area contributed by atoms with Crippen LogP contribution in [-0.4, -0.2) is 40.0 Å². The minimum atomic E-state index is -1.17. The van der Waals surface area contributed by atoms with E-state index in [0.717, 1.165) is 56.9 Å². The third-order valence-electron chi connectivity index (χ3n) is 14.4. The van der Waals surface area contributed by atoms with Crippen LogP contribution in [0.5, 0.6) is 0 Å². The van der Waals surface area contributed by atoms with E-state index in [0.29, 0.717) is 18.3 Å². The third-order valence-corrected chi connectivity index (χ3v) is 14.4. The van der Waals surface area contributed by atoms with Gasteiger partial charge in [-0.05, 0) is 116 Å². The summed E-state index contributed by atoms with van der Waals surface area (Å²) in [6, 6.07) is 0. The fraction of sp³-hybridized carbons (Fsp3) is 0.789. The number of esters is 1.